The predicted molar refractivity (Wildman–Crippen MR) is 68.3 cm³/mol. The Morgan fingerprint density at radius 1 is 1.37 bits per heavy atom. The van der Waals surface area contributed by atoms with Gasteiger partial charge in [-0.1, -0.05) is 19.0 Å². The molecule has 0 aromatic carbocycles. The van der Waals surface area contributed by atoms with E-state index in [2.05, 4.69) is 10.5 Å². The number of amides is 3. The molecule has 3 amide bonds. The molecule has 2 rings (SSSR count). The molecule has 0 radical (unpaired) electrons. The van der Waals surface area contributed by atoms with Gasteiger partial charge < -0.3 is 9.84 Å². The van der Waals surface area contributed by atoms with Gasteiger partial charge in [-0.3, -0.25) is 9.69 Å². The zero-order chi connectivity index (χ0) is 14.2. The Morgan fingerprint density at radius 2 is 2.05 bits per heavy atom. The lowest BCUT2D eigenvalue weighted by atomic mass is 10.0. The van der Waals surface area contributed by atoms with E-state index in [9.17, 15) is 9.59 Å². The van der Waals surface area contributed by atoms with Crippen LogP contribution in [0.25, 0.3) is 0 Å². The molecular formula is C13H19N3O3. The van der Waals surface area contributed by atoms with Crippen molar-refractivity contribution in [1.82, 2.24) is 15.4 Å². The molecule has 0 saturated carbocycles. The molecule has 104 valence electrons. The van der Waals surface area contributed by atoms with E-state index in [0.717, 1.165) is 5.56 Å². The van der Waals surface area contributed by atoms with E-state index < -0.39 is 6.04 Å². The monoisotopic (exact) mass is 265 g/mol. The molecule has 1 aliphatic heterocycles. The molecular weight excluding hydrogens is 246 g/mol. The Hall–Kier alpha value is -1.85. The number of carbonyl (C=O) groups is 2. The fourth-order valence-corrected chi connectivity index (χ4v) is 2.24. The minimum atomic E-state index is -0.409. The van der Waals surface area contributed by atoms with Crippen LogP contribution < -0.4 is 5.32 Å². The normalized spacial score (nSPS) is 19.4. The van der Waals surface area contributed by atoms with E-state index in [1.54, 1.807) is 13.8 Å². The van der Waals surface area contributed by atoms with Crippen molar-refractivity contribution in [2.24, 2.45) is 5.92 Å². The van der Waals surface area contributed by atoms with E-state index in [0.29, 0.717) is 23.8 Å². The quantitative estimate of drug-likeness (QED) is 0.842. The largest absolute Gasteiger partial charge is 0.361 e. The average Bonchev–Trinajstić information content (AvgIpc) is 2.76. The minimum Gasteiger partial charge on any atom is -0.361 e. The summed E-state index contributed by atoms with van der Waals surface area (Å²) in [6.07, 6.45) is 0.655. The molecule has 2 heterocycles. The van der Waals surface area contributed by atoms with Crippen molar-refractivity contribution >= 4 is 11.9 Å². The number of nitrogens with one attached hydrogen (secondary N) is 1. The fourth-order valence-electron chi connectivity index (χ4n) is 2.24. The van der Waals surface area contributed by atoms with Gasteiger partial charge in [0.1, 0.15) is 11.8 Å². The lowest BCUT2D eigenvalue weighted by molar-refractivity contribution is -0.128. The molecule has 0 unspecified atom stereocenters. The van der Waals surface area contributed by atoms with Crippen molar-refractivity contribution in [1.29, 1.82) is 0 Å². The summed E-state index contributed by atoms with van der Waals surface area (Å²) in [7, 11) is 0. The maximum atomic E-state index is 12.2. The summed E-state index contributed by atoms with van der Waals surface area (Å²) in [5, 5.41) is 6.55. The average molecular weight is 265 g/mol. The number of nitrogens with zero attached hydrogens (tertiary/aromatic N) is 2. The number of aryl methyl sites for hydroxylation is 2. The zero-order valence-corrected chi connectivity index (χ0v) is 11.7. The second-order valence-corrected chi connectivity index (χ2v) is 5.36. The molecule has 1 saturated heterocycles. The lowest BCUT2D eigenvalue weighted by Gasteiger charge is -2.13. The zero-order valence-electron chi connectivity index (χ0n) is 11.7. The van der Waals surface area contributed by atoms with Crippen molar-refractivity contribution in [3.8, 4) is 0 Å². The van der Waals surface area contributed by atoms with Crippen molar-refractivity contribution in [3.05, 3.63) is 17.0 Å². The van der Waals surface area contributed by atoms with E-state index >= 15 is 0 Å². The molecule has 1 aromatic rings. The topological polar surface area (TPSA) is 75.4 Å². The van der Waals surface area contributed by atoms with Gasteiger partial charge in [0.15, 0.2) is 0 Å². The third-order valence-electron chi connectivity index (χ3n) is 3.31. The molecule has 1 fully saturated rings. The molecule has 0 bridgehead atoms. The van der Waals surface area contributed by atoms with Crippen molar-refractivity contribution in [3.63, 3.8) is 0 Å². The third-order valence-corrected chi connectivity index (χ3v) is 3.31. The summed E-state index contributed by atoms with van der Waals surface area (Å²) in [6.45, 7) is 7.85. The van der Waals surface area contributed by atoms with Gasteiger partial charge in [-0.15, -0.1) is 0 Å². The van der Waals surface area contributed by atoms with Gasteiger partial charge in [-0.05, 0) is 26.2 Å². The van der Waals surface area contributed by atoms with Crippen LogP contribution in [0.4, 0.5) is 4.79 Å². The Morgan fingerprint density at radius 3 is 2.58 bits per heavy atom. The van der Waals surface area contributed by atoms with Crippen LogP contribution in [0.1, 0.15) is 37.3 Å². The van der Waals surface area contributed by atoms with Crippen LogP contribution in [0, 0.1) is 19.8 Å². The van der Waals surface area contributed by atoms with Crippen LogP contribution in [0.5, 0.6) is 0 Å². The van der Waals surface area contributed by atoms with Crippen molar-refractivity contribution in [2.75, 3.05) is 0 Å². The number of aromatic nitrogens is 1. The van der Waals surface area contributed by atoms with Gasteiger partial charge >= 0.3 is 6.03 Å². The summed E-state index contributed by atoms with van der Waals surface area (Å²) < 4.78 is 5.05. The van der Waals surface area contributed by atoms with Crippen molar-refractivity contribution in [2.45, 2.75) is 46.7 Å². The maximum absolute atomic E-state index is 12.2. The number of carbonyl (C=O) groups excluding carboxylic acids is 2. The Labute approximate surface area is 112 Å². The van der Waals surface area contributed by atoms with Gasteiger partial charge in [0, 0.05) is 5.56 Å². The van der Waals surface area contributed by atoms with Crippen LogP contribution in [0.15, 0.2) is 4.52 Å². The number of rotatable bonds is 4. The summed E-state index contributed by atoms with van der Waals surface area (Å²) in [6, 6.07) is -0.747. The molecule has 1 aromatic heterocycles. The first-order valence-corrected chi connectivity index (χ1v) is 6.43. The first kappa shape index (κ1) is 13.6. The fraction of sp³-hybridized carbons (Fsp3) is 0.615. The second-order valence-electron chi connectivity index (χ2n) is 5.36. The van der Waals surface area contributed by atoms with Gasteiger partial charge in [-0.25, -0.2) is 4.79 Å². The van der Waals surface area contributed by atoms with Gasteiger partial charge in [0.2, 0.25) is 0 Å². The summed E-state index contributed by atoms with van der Waals surface area (Å²) in [4.78, 5) is 25.3. The molecule has 19 heavy (non-hydrogen) atoms. The number of hydrogen-bond donors (Lipinski definition) is 1. The molecule has 6 heteroatoms. The Kier molecular flexibility index (Phi) is 3.59. The van der Waals surface area contributed by atoms with Crippen molar-refractivity contribution < 1.29 is 14.1 Å². The Bertz CT molecular complexity index is 488. The van der Waals surface area contributed by atoms with Crippen LogP contribution in [-0.2, 0) is 11.3 Å². The van der Waals surface area contributed by atoms with E-state index in [1.165, 1.54) is 4.90 Å². The molecule has 0 aliphatic carbocycles. The molecule has 1 aliphatic rings. The van der Waals surface area contributed by atoms with E-state index in [1.807, 2.05) is 13.8 Å². The minimum absolute atomic E-state index is 0.168. The smallest absolute Gasteiger partial charge is 0.325 e. The van der Waals surface area contributed by atoms with Crippen LogP contribution in [0.2, 0.25) is 0 Å². The molecule has 1 N–H and O–H groups in total. The van der Waals surface area contributed by atoms with Gasteiger partial charge in [0.05, 0.1) is 12.2 Å². The lowest BCUT2D eigenvalue weighted by Crippen LogP contribution is -2.31. The standard InChI is InChI=1S/C13H19N3O3/c1-7(2)5-11-12(17)16(13(18)14-11)6-10-8(3)15-19-9(10)4/h7,11H,5-6H2,1-4H3,(H,14,18)/t11-/m1/s1. The maximum Gasteiger partial charge on any atom is 0.325 e. The first-order valence-electron chi connectivity index (χ1n) is 6.43. The van der Waals surface area contributed by atoms with E-state index in [4.69, 9.17) is 4.52 Å². The van der Waals surface area contributed by atoms with Gasteiger partial charge in [-0.2, -0.15) is 0 Å². The highest BCUT2D eigenvalue weighted by Gasteiger charge is 2.38. The van der Waals surface area contributed by atoms with Crippen LogP contribution >= 0.6 is 0 Å². The Balaban J connectivity index is 2.13. The van der Waals surface area contributed by atoms with Crippen LogP contribution in [0.3, 0.4) is 0 Å². The molecule has 1 atom stereocenters. The number of urea groups is 1. The van der Waals surface area contributed by atoms with Gasteiger partial charge in [0.25, 0.3) is 5.91 Å². The number of imide groups is 1. The van der Waals surface area contributed by atoms with Crippen LogP contribution in [-0.4, -0.2) is 28.0 Å². The highest BCUT2D eigenvalue weighted by atomic mass is 16.5. The second kappa shape index (κ2) is 5.03. The number of hydrogen-bond acceptors (Lipinski definition) is 4. The molecule has 0 spiro atoms. The highest BCUT2D eigenvalue weighted by Crippen LogP contribution is 2.20. The summed E-state index contributed by atoms with van der Waals surface area (Å²) in [5.74, 6) is 0.831. The SMILES string of the molecule is Cc1noc(C)c1CN1C(=O)N[C@H](CC(C)C)C1=O. The predicted octanol–water partition coefficient (Wildman–Crippen LogP) is 1.76. The summed E-state index contributed by atoms with van der Waals surface area (Å²) in [5.41, 5.74) is 1.51. The third kappa shape index (κ3) is 2.62. The first-order chi connectivity index (χ1) is 8.90. The summed E-state index contributed by atoms with van der Waals surface area (Å²) >= 11 is 0. The molecule has 6 nitrogen and oxygen atoms in total. The highest BCUT2D eigenvalue weighted by molar-refractivity contribution is 6.04. The van der Waals surface area contributed by atoms with E-state index in [-0.39, 0.29) is 18.5 Å².